The van der Waals surface area contributed by atoms with Gasteiger partial charge in [-0.25, -0.2) is 0 Å². The number of hydrogen-bond acceptors (Lipinski definition) is 2. The smallest absolute Gasteiger partial charge is 0.0175 e. The highest BCUT2D eigenvalue weighted by Crippen LogP contribution is 2.10. The Morgan fingerprint density at radius 1 is 1.15 bits per heavy atom. The molecule has 1 aromatic carbocycles. The molecule has 0 aliphatic carbocycles. The molecule has 3 heteroatoms. The summed E-state index contributed by atoms with van der Waals surface area (Å²) < 4.78 is 1.13. The van der Waals surface area contributed by atoms with Crippen LogP contribution in [0.5, 0.6) is 0 Å². The molecule has 0 radical (unpaired) electrons. The number of halogens is 1. The number of benzene rings is 1. The fourth-order valence-corrected chi connectivity index (χ4v) is 1.38. The first kappa shape index (κ1) is 10.7. The standard InChI is InChI=1S/C10H15BrN2/c11-10-3-1-9(2-4-10)5-7-13-8-6-12/h1-4,13H,5-8,12H2. The quantitative estimate of drug-likeness (QED) is 0.770. The van der Waals surface area contributed by atoms with E-state index in [9.17, 15) is 0 Å². The maximum atomic E-state index is 5.36. The predicted molar refractivity (Wildman–Crippen MR) is 59.8 cm³/mol. The molecule has 0 atom stereocenters. The first-order valence-electron chi connectivity index (χ1n) is 4.48. The molecule has 0 unspecified atom stereocenters. The van der Waals surface area contributed by atoms with Crippen molar-refractivity contribution in [1.29, 1.82) is 0 Å². The fraction of sp³-hybridized carbons (Fsp3) is 0.400. The fourth-order valence-electron chi connectivity index (χ4n) is 1.11. The Hall–Kier alpha value is -0.380. The maximum absolute atomic E-state index is 5.36. The molecule has 0 heterocycles. The molecule has 0 spiro atoms. The topological polar surface area (TPSA) is 38.0 Å². The molecule has 0 saturated heterocycles. The van der Waals surface area contributed by atoms with Gasteiger partial charge in [0.1, 0.15) is 0 Å². The van der Waals surface area contributed by atoms with Crippen LogP contribution in [0.3, 0.4) is 0 Å². The van der Waals surface area contributed by atoms with Gasteiger partial charge in [0, 0.05) is 17.6 Å². The third-order valence-electron chi connectivity index (χ3n) is 1.82. The minimum absolute atomic E-state index is 0.709. The lowest BCUT2D eigenvalue weighted by atomic mass is 10.1. The summed E-state index contributed by atoms with van der Waals surface area (Å²) >= 11 is 3.41. The molecule has 72 valence electrons. The van der Waals surface area contributed by atoms with Gasteiger partial charge in [-0.1, -0.05) is 28.1 Å². The van der Waals surface area contributed by atoms with Crippen LogP contribution in [0, 0.1) is 0 Å². The number of nitrogens with one attached hydrogen (secondary N) is 1. The molecule has 1 aromatic rings. The Morgan fingerprint density at radius 3 is 2.46 bits per heavy atom. The lowest BCUT2D eigenvalue weighted by Gasteiger charge is -2.02. The van der Waals surface area contributed by atoms with Crippen molar-refractivity contribution in [1.82, 2.24) is 5.32 Å². The molecule has 0 saturated carbocycles. The van der Waals surface area contributed by atoms with Crippen LogP contribution in [-0.2, 0) is 6.42 Å². The van der Waals surface area contributed by atoms with Gasteiger partial charge in [0.05, 0.1) is 0 Å². The van der Waals surface area contributed by atoms with Crippen molar-refractivity contribution in [3.8, 4) is 0 Å². The van der Waals surface area contributed by atoms with E-state index in [0.717, 1.165) is 24.0 Å². The zero-order valence-corrected chi connectivity index (χ0v) is 9.18. The van der Waals surface area contributed by atoms with Crippen molar-refractivity contribution in [2.24, 2.45) is 5.73 Å². The highest BCUT2D eigenvalue weighted by atomic mass is 79.9. The Balaban J connectivity index is 2.25. The van der Waals surface area contributed by atoms with E-state index < -0.39 is 0 Å². The summed E-state index contributed by atoms with van der Waals surface area (Å²) in [6, 6.07) is 8.40. The average molecular weight is 243 g/mol. The minimum atomic E-state index is 0.709. The Bertz CT molecular complexity index is 233. The summed E-state index contributed by atoms with van der Waals surface area (Å²) in [4.78, 5) is 0. The second-order valence-electron chi connectivity index (χ2n) is 2.92. The first-order valence-corrected chi connectivity index (χ1v) is 5.27. The summed E-state index contributed by atoms with van der Waals surface area (Å²) in [5.74, 6) is 0. The van der Waals surface area contributed by atoms with E-state index in [1.807, 2.05) is 0 Å². The first-order chi connectivity index (χ1) is 6.33. The van der Waals surface area contributed by atoms with Crippen LogP contribution in [0.15, 0.2) is 28.7 Å². The van der Waals surface area contributed by atoms with Crippen LogP contribution in [-0.4, -0.2) is 19.6 Å². The lowest BCUT2D eigenvalue weighted by Crippen LogP contribution is -2.24. The molecule has 3 N–H and O–H groups in total. The van der Waals surface area contributed by atoms with Gasteiger partial charge in [-0.3, -0.25) is 0 Å². The lowest BCUT2D eigenvalue weighted by molar-refractivity contribution is 0.689. The van der Waals surface area contributed by atoms with E-state index in [1.54, 1.807) is 0 Å². The van der Waals surface area contributed by atoms with Crippen LogP contribution < -0.4 is 11.1 Å². The minimum Gasteiger partial charge on any atom is -0.329 e. The van der Waals surface area contributed by atoms with Crippen LogP contribution in [0.4, 0.5) is 0 Å². The van der Waals surface area contributed by atoms with Crippen LogP contribution in [0.1, 0.15) is 5.56 Å². The molecule has 0 aromatic heterocycles. The van der Waals surface area contributed by atoms with Gasteiger partial charge >= 0.3 is 0 Å². The Morgan fingerprint density at radius 2 is 1.85 bits per heavy atom. The second kappa shape index (κ2) is 6.13. The van der Waals surface area contributed by atoms with Gasteiger partial charge in [0.15, 0.2) is 0 Å². The SMILES string of the molecule is NCCNCCc1ccc(Br)cc1. The van der Waals surface area contributed by atoms with Gasteiger partial charge in [-0.2, -0.15) is 0 Å². The third kappa shape index (κ3) is 4.41. The van der Waals surface area contributed by atoms with Gasteiger partial charge in [0.2, 0.25) is 0 Å². The maximum Gasteiger partial charge on any atom is 0.0175 e. The Kier molecular flexibility index (Phi) is 5.05. The zero-order valence-electron chi connectivity index (χ0n) is 7.59. The summed E-state index contributed by atoms with van der Waals surface area (Å²) in [5, 5.41) is 3.26. The molecular formula is C10H15BrN2. The summed E-state index contributed by atoms with van der Waals surface area (Å²) in [6.45, 7) is 2.61. The molecule has 0 fully saturated rings. The van der Waals surface area contributed by atoms with E-state index in [1.165, 1.54) is 5.56 Å². The molecule has 0 bridgehead atoms. The monoisotopic (exact) mass is 242 g/mol. The second-order valence-corrected chi connectivity index (χ2v) is 3.83. The van der Waals surface area contributed by atoms with Crippen LogP contribution >= 0.6 is 15.9 Å². The van der Waals surface area contributed by atoms with Gasteiger partial charge in [-0.15, -0.1) is 0 Å². The number of hydrogen-bond donors (Lipinski definition) is 2. The molecular weight excluding hydrogens is 228 g/mol. The number of nitrogens with two attached hydrogens (primary N) is 1. The van der Waals surface area contributed by atoms with E-state index in [0.29, 0.717) is 6.54 Å². The van der Waals surface area contributed by atoms with Gasteiger partial charge < -0.3 is 11.1 Å². The largest absolute Gasteiger partial charge is 0.329 e. The molecule has 0 aliphatic rings. The molecule has 1 rings (SSSR count). The Labute approximate surface area is 87.6 Å². The molecule has 0 amide bonds. The predicted octanol–water partition coefficient (Wildman–Crippen LogP) is 1.54. The number of rotatable bonds is 5. The summed E-state index contributed by atoms with van der Waals surface area (Å²) in [5.41, 5.74) is 6.71. The highest BCUT2D eigenvalue weighted by Gasteiger charge is 1.92. The van der Waals surface area contributed by atoms with Crippen molar-refractivity contribution in [2.45, 2.75) is 6.42 Å². The summed E-state index contributed by atoms with van der Waals surface area (Å²) in [7, 11) is 0. The molecule has 13 heavy (non-hydrogen) atoms. The zero-order chi connectivity index (χ0) is 9.52. The normalized spacial score (nSPS) is 10.3. The third-order valence-corrected chi connectivity index (χ3v) is 2.35. The highest BCUT2D eigenvalue weighted by molar-refractivity contribution is 9.10. The average Bonchev–Trinajstić information content (AvgIpc) is 2.15. The van der Waals surface area contributed by atoms with Crippen LogP contribution in [0.25, 0.3) is 0 Å². The molecule has 2 nitrogen and oxygen atoms in total. The summed E-state index contributed by atoms with van der Waals surface area (Å²) in [6.07, 6.45) is 1.06. The van der Waals surface area contributed by atoms with E-state index in [4.69, 9.17) is 5.73 Å². The van der Waals surface area contributed by atoms with Crippen molar-refractivity contribution >= 4 is 15.9 Å². The van der Waals surface area contributed by atoms with Crippen molar-refractivity contribution in [2.75, 3.05) is 19.6 Å². The molecule has 0 aliphatic heterocycles. The van der Waals surface area contributed by atoms with Gasteiger partial charge in [0.25, 0.3) is 0 Å². The van der Waals surface area contributed by atoms with Crippen molar-refractivity contribution < 1.29 is 0 Å². The van der Waals surface area contributed by atoms with Gasteiger partial charge in [-0.05, 0) is 30.7 Å². The van der Waals surface area contributed by atoms with Crippen LogP contribution in [0.2, 0.25) is 0 Å². The van der Waals surface area contributed by atoms with E-state index in [-0.39, 0.29) is 0 Å². The van der Waals surface area contributed by atoms with Crippen molar-refractivity contribution in [3.63, 3.8) is 0 Å². The van der Waals surface area contributed by atoms with E-state index in [2.05, 4.69) is 45.5 Å². The van der Waals surface area contributed by atoms with Crippen molar-refractivity contribution in [3.05, 3.63) is 34.3 Å². The van der Waals surface area contributed by atoms with E-state index >= 15 is 0 Å².